The van der Waals surface area contributed by atoms with Gasteiger partial charge in [0, 0.05) is 44.3 Å². The molecular formula is C22H36N4O3. The van der Waals surface area contributed by atoms with Crippen LogP contribution in [0.2, 0.25) is 0 Å². The number of nitrogens with one attached hydrogen (secondary N) is 2. The first kappa shape index (κ1) is 23.2. The Kier molecular flexibility index (Phi) is 9.94. The van der Waals surface area contributed by atoms with Gasteiger partial charge in [0.2, 0.25) is 5.91 Å². The van der Waals surface area contributed by atoms with E-state index in [1.165, 1.54) is 0 Å². The number of anilines is 1. The average molecular weight is 405 g/mol. The van der Waals surface area contributed by atoms with Crippen molar-refractivity contribution < 1.29 is 14.3 Å². The highest BCUT2D eigenvalue weighted by atomic mass is 16.5. The molecule has 1 aliphatic heterocycles. The maximum Gasteiger partial charge on any atom is 0.226 e. The van der Waals surface area contributed by atoms with Crippen molar-refractivity contribution in [1.82, 2.24) is 10.2 Å². The van der Waals surface area contributed by atoms with Crippen molar-refractivity contribution in [3.05, 3.63) is 29.8 Å². The minimum absolute atomic E-state index is 0.0278. The lowest BCUT2D eigenvalue weighted by molar-refractivity contribution is -0.118. The van der Waals surface area contributed by atoms with Crippen LogP contribution in [0.4, 0.5) is 5.69 Å². The molecule has 2 N–H and O–H groups in total. The fourth-order valence-electron chi connectivity index (χ4n) is 3.13. The lowest BCUT2D eigenvalue weighted by Crippen LogP contribution is -2.40. The Labute approximate surface area is 174 Å². The number of methoxy groups -OCH3 is 1. The molecule has 1 saturated heterocycles. The van der Waals surface area contributed by atoms with Gasteiger partial charge in [0.05, 0.1) is 26.4 Å². The Hall–Kier alpha value is -2.12. The molecule has 0 spiro atoms. The molecule has 0 aromatic heterocycles. The van der Waals surface area contributed by atoms with Gasteiger partial charge in [-0.15, -0.1) is 0 Å². The standard InChI is InChI=1S/C22H36N4O3/c1-5-23-22(26-11-10-19(15-26)16-29-13-12-28-4)24-14-18-6-8-20(9-7-18)25-21(27)17(2)3/h6-9,17,19H,5,10-16H2,1-4H3,(H,23,24)(H,25,27). The van der Waals surface area contributed by atoms with Gasteiger partial charge in [-0.25, -0.2) is 4.99 Å². The summed E-state index contributed by atoms with van der Waals surface area (Å²) < 4.78 is 10.7. The summed E-state index contributed by atoms with van der Waals surface area (Å²) in [5.74, 6) is 1.47. The van der Waals surface area contributed by atoms with E-state index in [-0.39, 0.29) is 11.8 Å². The predicted molar refractivity (Wildman–Crippen MR) is 117 cm³/mol. The minimum Gasteiger partial charge on any atom is -0.382 e. The monoisotopic (exact) mass is 404 g/mol. The van der Waals surface area contributed by atoms with Gasteiger partial charge in [0.1, 0.15) is 0 Å². The zero-order valence-corrected chi connectivity index (χ0v) is 18.2. The lowest BCUT2D eigenvalue weighted by Gasteiger charge is -2.21. The van der Waals surface area contributed by atoms with E-state index in [1.807, 2.05) is 38.1 Å². The number of aliphatic imine (C=N–C) groups is 1. The van der Waals surface area contributed by atoms with Crippen LogP contribution in [-0.2, 0) is 20.8 Å². The number of hydrogen-bond donors (Lipinski definition) is 2. The molecule has 1 unspecified atom stereocenters. The van der Waals surface area contributed by atoms with Crippen LogP contribution >= 0.6 is 0 Å². The van der Waals surface area contributed by atoms with Gasteiger partial charge in [-0.1, -0.05) is 26.0 Å². The Morgan fingerprint density at radius 2 is 2.03 bits per heavy atom. The summed E-state index contributed by atoms with van der Waals surface area (Å²) >= 11 is 0. The zero-order chi connectivity index (χ0) is 21.1. The van der Waals surface area contributed by atoms with Crippen molar-refractivity contribution in [3.8, 4) is 0 Å². The molecule has 29 heavy (non-hydrogen) atoms. The molecule has 7 nitrogen and oxygen atoms in total. The van der Waals surface area contributed by atoms with Gasteiger partial charge in [0.25, 0.3) is 0 Å². The first-order valence-electron chi connectivity index (χ1n) is 10.5. The van der Waals surface area contributed by atoms with Crippen molar-refractivity contribution in [2.45, 2.75) is 33.7 Å². The van der Waals surface area contributed by atoms with Gasteiger partial charge in [0.15, 0.2) is 5.96 Å². The number of carbonyl (C=O) groups excluding carboxylic acids is 1. The fourth-order valence-corrected chi connectivity index (χ4v) is 3.13. The van der Waals surface area contributed by atoms with E-state index >= 15 is 0 Å². The summed E-state index contributed by atoms with van der Waals surface area (Å²) in [5, 5.41) is 6.31. The second kappa shape index (κ2) is 12.4. The molecule has 162 valence electrons. The zero-order valence-electron chi connectivity index (χ0n) is 18.2. The molecule has 2 rings (SSSR count). The van der Waals surface area contributed by atoms with Gasteiger partial charge >= 0.3 is 0 Å². The first-order valence-corrected chi connectivity index (χ1v) is 10.5. The van der Waals surface area contributed by atoms with Crippen LogP contribution in [0.15, 0.2) is 29.3 Å². The molecule has 1 aromatic rings. The summed E-state index contributed by atoms with van der Waals surface area (Å²) in [6, 6.07) is 7.89. The van der Waals surface area contributed by atoms with Gasteiger partial charge in [-0.3, -0.25) is 4.79 Å². The van der Waals surface area contributed by atoms with E-state index in [2.05, 4.69) is 22.5 Å². The molecule has 1 aliphatic rings. The number of ether oxygens (including phenoxy) is 2. The summed E-state index contributed by atoms with van der Waals surface area (Å²) in [6.07, 6.45) is 1.11. The number of rotatable bonds is 10. The maximum absolute atomic E-state index is 11.8. The number of likely N-dealkylation sites (tertiary alicyclic amines) is 1. The number of carbonyl (C=O) groups is 1. The van der Waals surface area contributed by atoms with Crippen molar-refractivity contribution in [2.75, 3.05) is 51.9 Å². The Bertz CT molecular complexity index is 646. The molecule has 0 aliphatic carbocycles. The minimum atomic E-state index is -0.0309. The lowest BCUT2D eigenvalue weighted by atomic mass is 10.1. The Morgan fingerprint density at radius 3 is 2.69 bits per heavy atom. The third kappa shape index (κ3) is 8.03. The molecular weight excluding hydrogens is 368 g/mol. The smallest absolute Gasteiger partial charge is 0.226 e. The average Bonchev–Trinajstić information content (AvgIpc) is 3.18. The second-order valence-electron chi connectivity index (χ2n) is 7.68. The van der Waals surface area contributed by atoms with Crippen LogP contribution in [0.3, 0.4) is 0 Å². The van der Waals surface area contributed by atoms with Crippen molar-refractivity contribution in [3.63, 3.8) is 0 Å². The van der Waals surface area contributed by atoms with Crippen LogP contribution in [0.5, 0.6) is 0 Å². The predicted octanol–water partition coefficient (Wildman–Crippen LogP) is 2.73. The third-order valence-electron chi connectivity index (χ3n) is 4.86. The Balaban J connectivity index is 1.88. The number of nitrogens with zero attached hydrogens (tertiary/aromatic N) is 2. The number of hydrogen-bond acceptors (Lipinski definition) is 4. The van der Waals surface area contributed by atoms with Crippen molar-refractivity contribution in [1.29, 1.82) is 0 Å². The molecule has 0 bridgehead atoms. The SMILES string of the molecule is CCNC(=NCc1ccc(NC(=O)C(C)C)cc1)N1CCC(COCCOC)C1. The van der Waals surface area contributed by atoms with E-state index in [9.17, 15) is 4.79 Å². The first-order chi connectivity index (χ1) is 14.0. The van der Waals surface area contributed by atoms with Crippen LogP contribution in [0.1, 0.15) is 32.8 Å². The van der Waals surface area contributed by atoms with E-state index in [0.29, 0.717) is 25.7 Å². The van der Waals surface area contributed by atoms with E-state index in [0.717, 1.165) is 49.9 Å². The van der Waals surface area contributed by atoms with Gasteiger partial charge in [-0.2, -0.15) is 0 Å². The number of benzene rings is 1. The highest BCUT2D eigenvalue weighted by Crippen LogP contribution is 2.17. The van der Waals surface area contributed by atoms with E-state index in [1.54, 1.807) is 7.11 Å². The molecule has 1 amide bonds. The molecule has 0 saturated carbocycles. The third-order valence-corrected chi connectivity index (χ3v) is 4.86. The van der Waals surface area contributed by atoms with E-state index in [4.69, 9.17) is 14.5 Å². The quantitative estimate of drug-likeness (QED) is 0.356. The van der Waals surface area contributed by atoms with Crippen LogP contribution in [0.25, 0.3) is 0 Å². The highest BCUT2D eigenvalue weighted by molar-refractivity contribution is 5.92. The molecule has 1 fully saturated rings. The number of amides is 1. The molecule has 0 radical (unpaired) electrons. The number of guanidine groups is 1. The van der Waals surface area contributed by atoms with E-state index < -0.39 is 0 Å². The highest BCUT2D eigenvalue weighted by Gasteiger charge is 2.24. The molecule has 1 aromatic carbocycles. The van der Waals surface area contributed by atoms with Crippen LogP contribution in [-0.4, -0.2) is 63.3 Å². The van der Waals surface area contributed by atoms with Crippen molar-refractivity contribution >= 4 is 17.6 Å². The Morgan fingerprint density at radius 1 is 1.28 bits per heavy atom. The van der Waals surface area contributed by atoms with Crippen LogP contribution in [0, 0.1) is 11.8 Å². The largest absolute Gasteiger partial charge is 0.382 e. The molecule has 1 atom stereocenters. The maximum atomic E-state index is 11.8. The summed E-state index contributed by atoms with van der Waals surface area (Å²) in [7, 11) is 1.69. The summed E-state index contributed by atoms with van der Waals surface area (Å²) in [6.45, 7) is 11.3. The van der Waals surface area contributed by atoms with Gasteiger partial charge < -0.3 is 25.0 Å². The molecule has 7 heteroatoms. The normalized spacial score (nSPS) is 17.1. The van der Waals surface area contributed by atoms with Crippen molar-refractivity contribution in [2.24, 2.45) is 16.8 Å². The second-order valence-corrected chi connectivity index (χ2v) is 7.68. The topological polar surface area (TPSA) is 75.2 Å². The van der Waals surface area contributed by atoms with Gasteiger partial charge in [-0.05, 0) is 31.0 Å². The summed E-state index contributed by atoms with van der Waals surface area (Å²) in [4.78, 5) is 18.9. The molecule has 1 heterocycles. The summed E-state index contributed by atoms with van der Waals surface area (Å²) in [5.41, 5.74) is 1.93. The fraction of sp³-hybridized carbons (Fsp3) is 0.636. The van der Waals surface area contributed by atoms with Crippen LogP contribution < -0.4 is 10.6 Å².